The second-order valence-electron chi connectivity index (χ2n) is 4.24. The summed E-state index contributed by atoms with van der Waals surface area (Å²) in [5.41, 5.74) is 0. The van der Waals surface area contributed by atoms with Crippen molar-refractivity contribution in [2.75, 3.05) is 26.3 Å². The van der Waals surface area contributed by atoms with Crippen LogP contribution in [-0.2, 0) is 14.3 Å². The highest BCUT2D eigenvalue weighted by Crippen LogP contribution is 2.12. The van der Waals surface area contributed by atoms with E-state index in [9.17, 15) is 4.79 Å². The Morgan fingerprint density at radius 1 is 1.50 bits per heavy atom. The van der Waals surface area contributed by atoms with Crippen LogP contribution in [0.15, 0.2) is 11.8 Å². The van der Waals surface area contributed by atoms with Crippen LogP contribution in [0.3, 0.4) is 0 Å². The van der Waals surface area contributed by atoms with Crippen molar-refractivity contribution < 1.29 is 14.3 Å². The smallest absolute Gasteiger partial charge is 0.222 e. The molecule has 90 valence electrons. The Bertz CT molecular complexity index is 269. The molecule has 4 nitrogen and oxygen atoms in total. The van der Waals surface area contributed by atoms with Gasteiger partial charge in [-0.05, 0) is 44.8 Å². The van der Waals surface area contributed by atoms with Gasteiger partial charge in [0.05, 0.1) is 12.7 Å². The average molecular weight is 225 g/mol. The first-order valence-corrected chi connectivity index (χ1v) is 6.05. The molecule has 0 radical (unpaired) electrons. The van der Waals surface area contributed by atoms with E-state index < -0.39 is 0 Å². The molecule has 2 rings (SSSR count). The molecule has 1 fully saturated rings. The molecule has 0 bridgehead atoms. The van der Waals surface area contributed by atoms with Crippen LogP contribution in [0.25, 0.3) is 0 Å². The number of hydrogen-bond acceptors (Lipinski definition) is 4. The summed E-state index contributed by atoms with van der Waals surface area (Å²) < 4.78 is 10.9. The van der Waals surface area contributed by atoms with E-state index in [1.54, 1.807) is 0 Å². The Kier molecular flexibility index (Phi) is 4.36. The number of piperidine rings is 1. The Balaban J connectivity index is 1.72. The zero-order valence-electron chi connectivity index (χ0n) is 9.54. The number of ether oxygens (including phenoxy) is 2. The lowest BCUT2D eigenvalue weighted by atomic mass is 10.1. The molecule has 0 aromatic carbocycles. The molecular weight excluding hydrogens is 206 g/mol. The van der Waals surface area contributed by atoms with Gasteiger partial charge in [0.2, 0.25) is 5.78 Å². The van der Waals surface area contributed by atoms with E-state index >= 15 is 0 Å². The minimum atomic E-state index is -0.0155. The maximum atomic E-state index is 11.7. The van der Waals surface area contributed by atoms with Gasteiger partial charge in [0.25, 0.3) is 0 Å². The highest BCUT2D eigenvalue weighted by Gasteiger charge is 2.18. The predicted molar refractivity (Wildman–Crippen MR) is 60.1 cm³/mol. The molecule has 0 unspecified atom stereocenters. The third-order valence-corrected chi connectivity index (χ3v) is 2.95. The SMILES string of the molecule is O=C(COC1CCNCC1)C1=CCCCO1. The second-order valence-corrected chi connectivity index (χ2v) is 4.24. The van der Waals surface area contributed by atoms with E-state index in [1.807, 2.05) is 6.08 Å². The van der Waals surface area contributed by atoms with Crippen molar-refractivity contribution in [2.45, 2.75) is 31.8 Å². The summed E-state index contributed by atoms with van der Waals surface area (Å²) in [7, 11) is 0. The number of hydrogen-bond donors (Lipinski definition) is 1. The van der Waals surface area contributed by atoms with Gasteiger partial charge < -0.3 is 14.8 Å². The van der Waals surface area contributed by atoms with Crippen molar-refractivity contribution in [3.8, 4) is 0 Å². The number of Topliss-reactive ketones (excluding diaryl/α,β-unsaturated/α-hetero) is 1. The predicted octanol–water partition coefficient (Wildman–Crippen LogP) is 1.02. The summed E-state index contributed by atoms with van der Waals surface area (Å²) in [5, 5.41) is 3.26. The third kappa shape index (κ3) is 3.32. The van der Waals surface area contributed by atoms with Crippen LogP contribution in [0.5, 0.6) is 0 Å². The Morgan fingerprint density at radius 2 is 2.31 bits per heavy atom. The van der Waals surface area contributed by atoms with Gasteiger partial charge in [0, 0.05) is 0 Å². The highest BCUT2D eigenvalue weighted by molar-refractivity contribution is 5.94. The molecule has 0 aliphatic carbocycles. The minimum absolute atomic E-state index is 0.0155. The third-order valence-electron chi connectivity index (χ3n) is 2.95. The van der Waals surface area contributed by atoms with Gasteiger partial charge in [0.15, 0.2) is 5.76 Å². The van der Waals surface area contributed by atoms with E-state index in [-0.39, 0.29) is 18.5 Å². The number of carbonyl (C=O) groups excluding carboxylic acids is 1. The summed E-state index contributed by atoms with van der Waals surface area (Å²) in [6, 6.07) is 0. The zero-order chi connectivity index (χ0) is 11.2. The van der Waals surface area contributed by atoms with Crippen molar-refractivity contribution >= 4 is 5.78 Å². The van der Waals surface area contributed by atoms with Gasteiger partial charge >= 0.3 is 0 Å². The molecule has 2 heterocycles. The lowest BCUT2D eigenvalue weighted by molar-refractivity contribution is -0.126. The lowest BCUT2D eigenvalue weighted by Crippen LogP contribution is -2.33. The van der Waals surface area contributed by atoms with Crippen LogP contribution in [0.4, 0.5) is 0 Å². The van der Waals surface area contributed by atoms with Gasteiger partial charge in [0.1, 0.15) is 6.61 Å². The van der Waals surface area contributed by atoms with E-state index in [4.69, 9.17) is 9.47 Å². The fourth-order valence-electron chi connectivity index (χ4n) is 1.98. The molecule has 1 N–H and O–H groups in total. The molecule has 0 aromatic heterocycles. The van der Waals surface area contributed by atoms with Gasteiger partial charge in [-0.15, -0.1) is 0 Å². The maximum Gasteiger partial charge on any atom is 0.222 e. The summed E-state index contributed by atoms with van der Waals surface area (Å²) >= 11 is 0. The van der Waals surface area contributed by atoms with E-state index in [0.29, 0.717) is 12.4 Å². The number of ketones is 1. The largest absolute Gasteiger partial charge is 0.490 e. The van der Waals surface area contributed by atoms with Gasteiger partial charge in [-0.1, -0.05) is 0 Å². The average Bonchev–Trinajstić information content (AvgIpc) is 2.38. The fraction of sp³-hybridized carbons (Fsp3) is 0.750. The van der Waals surface area contributed by atoms with Crippen molar-refractivity contribution in [2.24, 2.45) is 0 Å². The standard InChI is InChI=1S/C12H19NO3/c14-11(12-3-1-2-8-15-12)9-16-10-4-6-13-7-5-10/h3,10,13H,1-2,4-9H2. The molecule has 2 aliphatic rings. The van der Waals surface area contributed by atoms with Gasteiger partial charge in [-0.3, -0.25) is 4.79 Å². The van der Waals surface area contributed by atoms with Crippen LogP contribution < -0.4 is 5.32 Å². The summed E-state index contributed by atoms with van der Waals surface area (Å²) in [4.78, 5) is 11.7. The molecule has 0 spiro atoms. The molecule has 0 aromatic rings. The molecule has 1 saturated heterocycles. The van der Waals surface area contributed by atoms with Crippen LogP contribution in [-0.4, -0.2) is 38.2 Å². The molecule has 0 atom stereocenters. The quantitative estimate of drug-likeness (QED) is 0.776. The van der Waals surface area contributed by atoms with Crippen LogP contribution in [0, 0.1) is 0 Å². The lowest BCUT2D eigenvalue weighted by Gasteiger charge is -2.23. The summed E-state index contributed by atoms with van der Waals surface area (Å²) in [6.45, 7) is 2.79. The van der Waals surface area contributed by atoms with E-state index in [0.717, 1.165) is 38.8 Å². The molecule has 0 saturated carbocycles. The highest BCUT2D eigenvalue weighted by atomic mass is 16.5. The normalized spacial score (nSPS) is 22.4. The minimum Gasteiger partial charge on any atom is -0.490 e. The van der Waals surface area contributed by atoms with Gasteiger partial charge in [-0.25, -0.2) is 0 Å². The molecule has 0 amide bonds. The zero-order valence-corrected chi connectivity index (χ0v) is 9.54. The Labute approximate surface area is 96.0 Å². The Morgan fingerprint density at radius 3 is 3.00 bits per heavy atom. The number of nitrogens with one attached hydrogen (secondary N) is 1. The number of allylic oxidation sites excluding steroid dienone is 1. The molecule has 16 heavy (non-hydrogen) atoms. The van der Waals surface area contributed by atoms with Crippen LogP contribution >= 0.6 is 0 Å². The first-order chi connectivity index (χ1) is 7.86. The van der Waals surface area contributed by atoms with Crippen LogP contribution in [0.2, 0.25) is 0 Å². The van der Waals surface area contributed by atoms with Crippen molar-refractivity contribution in [1.29, 1.82) is 0 Å². The molecule has 2 aliphatic heterocycles. The summed E-state index contributed by atoms with van der Waals surface area (Å²) in [5.74, 6) is 0.485. The van der Waals surface area contributed by atoms with Crippen molar-refractivity contribution in [3.63, 3.8) is 0 Å². The number of rotatable bonds is 4. The summed E-state index contributed by atoms with van der Waals surface area (Å²) in [6.07, 6.45) is 6.03. The van der Waals surface area contributed by atoms with E-state index in [2.05, 4.69) is 5.32 Å². The Hall–Kier alpha value is -0.870. The first kappa shape index (κ1) is 11.6. The van der Waals surface area contributed by atoms with Crippen molar-refractivity contribution in [3.05, 3.63) is 11.8 Å². The second kappa shape index (κ2) is 6.01. The first-order valence-electron chi connectivity index (χ1n) is 6.05. The van der Waals surface area contributed by atoms with E-state index in [1.165, 1.54) is 0 Å². The fourth-order valence-corrected chi connectivity index (χ4v) is 1.98. The number of carbonyl (C=O) groups is 1. The van der Waals surface area contributed by atoms with Crippen LogP contribution in [0.1, 0.15) is 25.7 Å². The maximum absolute atomic E-state index is 11.7. The topological polar surface area (TPSA) is 47.6 Å². The molecule has 4 heteroatoms. The molecular formula is C12H19NO3. The monoisotopic (exact) mass is 225 g/mol. The van der Waals surface area contributed by atoms with Gasteiger partial charge in [-0.2, -0.15) is 0 Å². The van der Waals surface area contributed by atoms with Crippen molar-refractivity contribution in [1.82, 2.24) is 5.32 Å².